The molecule has 2 N–H and O–H groups in total. The molecule has 5 rings (SSSR count). The van der Waals surface area contributed by atoms with Crippen LogP contribution < -0.4 is 11.0 Å². The Balaban J connectivity index is 1.51. The minimum Gasteiger partial charge on any atom is -0.365 e. The van der Waals surface area contributed by atoms with E-state index in [0.29, 0.717) is 35.8 Å². The number of allylic oxidation sites excluding steroid dienone is 1. The summed E-state index contributed by atoms with van der Waals surface area (Å²) in [5, 5.41) is 3.28. The van der Waals surface area contributed by atoms with Gasteiger partial charge in [-0.05, 0) is 30.7 Å². The molecule has 0 aliphatic heterocycles. The second-order valence-corrected chi connectivity index (χ2v) is 7.51. The van der Waals surface area contributed by atoms with E-state index in [-0.39, 0.29) is 5.69 Å². The molecule has 0 spiro atoms. The number of benzene rings is 1. The Hall–Kier alpha value is -4.27. The maximum atomic E-state index is 13.8. The molecule has 0 atom stereocenters. The molecule has 8 nitrogen and oxygen atoms in total. The van der Waals surface area contributed by atoms with Crippen molar-refractivity contribution in [2.75, 3.05) is 11.9 Å². The second-order valence-electron chi connectivity index (χ2n) is 7.51. The third-order valence-corrected chi connectivity index (χ3v) is 5.24. The highest BCUT2D eigenvalue weighted by molar-refractivity contribution is 5.75. The number of imidazole rings is 2. The van der Waals surface area contributed by atoms with Crippen molar-refractivity contribution in [2.24, 2.45) is 0 Å². The van der Waals surface area contributed by atoms with Gasteiger partial charge in [-0.3, -0.25) is 14.0 Å². The molecule has 0 unspecified atom stereocenters. The molecule has 0 radical (unpaired) electrons. The van der Waals surface area contributed by atoms with Gasteiger partial charge in [0.1, 0.15) is 5.82 Å². The molecule has 5 aromatic rings. The van der Waals surface area contributed by atoms with Crippen LogP contribution in [-0.2, 0) is 6.54 Å². The zero-order valence-electron chi connectivity index (χ0n) is 17.3. The van der Waals surface area contributed by atoms with Crippen molar-refractivity contribution >= 4 is 28.1 Å². The van der Waals surface area contributed by atoms with Gasteiger partial charge in [0, 0.05) is 31.0 Å². The first-order chi connectivity index (χ1) is 15.5. The van der Waals surface area contributed by atoms with E-state index in [9.17, 15) is 9.18 Å². The number of rotatable bonds is 6. The third-order valence-electron chi connectivity index (χ3n) is 5.24. The van der Waals surface area contributed by atoms with Crippen LogP contribution in [0.2, 0.25) is 0 Å². The number of H-pyrrole nitrogens is 1. The monoisotopic (exact) mass is 429 g/mol. The lowest BCUT2D eigenvalue weighted by Crippen LogP contribution is -2.21. The van der Waals surface area contributed by atoms with Crippen molar-refractivity contribution in [3.8, 4) is 11.3 Å². The van der Waals surface area contributed by atoms with Crippen molar-refractivity contribution < 1.29 is 4.39 Å². The van der Waals surface area contributed by atoms with Crippen molar-refractivity contribution in [1.29, 1.82) is 0 Å². The highest BCUT2D eigenvalue weighted by atomic mass is 19.1. The Morgan fingerprint density at radius 3 is 2.91 bits per heavy atom. The van der Waals surface area contributed by atoms with Gasteiger partial charge in [-0.25, -0.2) is 19.2 Å². The first-order valence-corrected chi connectivity index (χ1v) is 10.1. The van der Waals surface area contributed by atoms with Crippen LogP contribution in [0.1, 0.15) is 12.6 Å². The number of hydrogen-bond donors (Lipinski definition) is 2. The molecule has 0 fully saturated rings. The van der Waals surface area contributed by atoms with E-state index in [1.165, 1.54) is 6.07 Å². The van der Waals surface area contributed by atoms with Gasteiger partial charge >= 0.3 is 5.69 Å². The summed E-state index contributed by atoms with van der Waals surface area (Å²) in [7, 11) is 0. The van der Waals surface area contributed by atoms with Crippen molar-refractivity contribution in [3.63, 3.8) is 0 Å². The number of hydrogen-bond acceptors (Lipinski definition) is 5. The molecule has 9 heteroatoms. The Labute approximate surface area is 182 Å². The Bertz CT molecular complexity index is 1530. The molecule has 0 amide bonds. The molecule has 160 valence electrons. The molecule has 0 aliphatic rings. The number of nitrogens with zero attached hydrogens (tertiary/aromatic N) is 5. The lowest BCUT2D eigenvalue weighted by Gasteiger charge is -2.11. The molecule has 1 aromatic carbocycles. The number of aromatic amines is 1. The summed E-state index contributed by atoms with van der Waals surface area (Å²) in [6.45, 7) is 6.77. The normalized spacial score (nSPS) is 11.3. The van der Waals surface area contributed by atoms with Gasteiger partial charge in [-0.1, -0.05) is 18.7 Å². The standard InChI is InChI=1S/C23H20FN7O/c1-14(2)20-12-27-22-21(28-18(13-31(20)22)15-9-16(24)11-25-10-15)26-7-8-30-19-6-4-3-5-17(19)29-23(30)32/h3-6,9-13H,1,7-8H2,2H3,(H,26,28)(H,29,32). The first kappa shape index (κ1) is 19.7. The Morgan fingerprint density at radius 2 is 2.09 bits per heavy atom. The van der Waals surface area contributed by atoms with E-state index >= 15 is 0 Å². The molecular weight excluding hydrogens is 409 g/mol. The predicted molar refractivity (Wildman–Crippen MR) is 122 cm³/mol. The summed E-state index contributed by atoms with van der Waals surface area (Å²) in [5.74, 6) is 0.0792. The number of para-hydroxylation sites is 2. The Morgan fingerprint density at radius 1 is 1.25 bits per heavy atom. The topological polar surface area (TPSA) is 92.9 Å². The van der Waals surface area contributed by atoms with Gasteiger partial charge in [0.25, 0.3) is 0 Å². The fraction of sp³-hybridized carbons (Fsp3) is 0.130. The molecule has 32 heavy (non-hydrogen) atoms. The molecular formula is C23H20FN7O. The molecule has 0 saturated heterocycles. The van der Waals surface area contributed by atoms with E-state index in [2.05, 4.69) is 31.8 Å². The van der Waals surface area contributed by atoms with Gasteiger partial charge in [-0.15, -0.1) is 0 Å². The van der Waals surface area contributed by atoms with Crippen molar-refractivity contribution in [2.45, 2.75) is 13.5 Å². The molecule has 4 aromatic heterocycles. The summed E-state index contributed by atoms with van der Waals surface area (Å²) in [5.41, 5.74) is 4.81. The minimum atomic E-state index is -0.441. The molecule has 0 aliphatic carbocycles. The highest BCUT2D eigenvalue weighted by Gasteiger charge is 2.14. The van der Waals surface area contributed by atoms with Gasteiger partial charge in [0.05, 0.1) is 34.8 Å². The minimum absolute atomic E-state index is 0.170. The van der Waals surface area contributed by atoms with Crippen LogP contribution in [0.4, 0.5) is 10.2 Å². The number of halogens is 1. The molecule has 0 saturated carbocycles. The van der Waals surface area contributed by atoms with Crippen LogP contribution in [0.3, 0.4) is 0 Å². The Kier molecular flexibility index (Phi) is 4.78. The molecule has 0 bridgehead atoms. The quantitative estimate of drug-likeness (QED) is 0.429. The van der Waals surface area contributed by atoms with Crippen LogP contribution in [0.15, 0.2) is 66.5 Å². The first-order valence-electron chi connectivity index (χ1n) is 10.1. The van der Waals surface area contributed by atoms with Crippen LogP contribution in [-0.4, -0.2) is 35.4 Å². The average Bonchev–Trinajstić information content (AvgIpc) is 3.35. The summed E-state index contributed by atoms with van der Waals surface area (Å²) in [4.78, 5) is 28.3. The predicted octanol–water partition coefficient (Wildman–Crippen LogP) is 3.72. The highest BCUT2D eigenvalue weighted by Crippen LogP contribution is 2.25. The van der Waals surface area contributed by atoms with E-state index in [0.717, 1.165) is 28.5 Å². The van der Waals surface area contributed by atoms with Gasteiger partial charge in [0.15, 0.2) is 11.5 Å². The van der Waals surface area contributed by atoms with Crippen LogP contribution in [0.25, 0.3) is 33.5 Å². The summed E-state index contributed by atoms with van der Waals surface area (Å²) >= 11 is 0. The SMILES string of the molecule is C=C(C)c1cnc2c(NCCn3c(=O)[nH]c4ccccc43)nc(-c3cncc(F)c3)cn12. The van der Waals surface area contributed by atoms with E-state index in [1.807, 2.05) is 35.6 Å². The zero-order valence-corrected chi connectivity index (χ0v) is 17.3. The van der Waals surface area contributed by atoms with E-state index < -0.39 is 5.82 Å². The maximum absolute atomic E-state index is 13.8. The van der Waals surface area contributed by atoms with Crippen molar-refractivity contribution in [3.05, 3.63) is 83.7 Å². The van der Waals surface area contributed by atoms with Gasteiger partial charge < -0.3 is 10.3 Å². The van der Waals surface area contributed by atoms with E-state index in [1.54, 1.807) is 23.2 Å². The maximum Gasteiger partial charge on any atom is 0.326 e. The fourth-order valence-corrected chi connectivity index (χ4v) is 3.73. The zero-order chi connectivity index (χ0) is 22.2. The van der Waals surface area contributed by atoms with Crippen LogP contribution >= 0.6 is 0 Å². The van der Waals surface area contributed by atoms with E-state index in [4.69, 9.17) is 0 Å². The number of nitrogens with one attached hydrogen (secondary N) is 2. The second kappa shape index (κ2) is 7.77. The number of fused-ring (bicyclic) bond motifs is 2. The third kappa shape index (κ3) is 3.43. The lowest BCUT2D eigenvalue weighted by molar-refractivity contribution is 0.622. The molecule has 4 heterocycles. The van der Waals surface area contributed by atoms with Gasteiger partial charge in [0.2, 0.25) is 0 Å². The van der Waals surface area contributed by atoms with Crippen LogP contribution in [0, 0.1) is 5.82 Å². The lowest BCUT2D eigenvalue weighted by atomic mass is 10.2. The van der Waals surface area contributed by atoms with Gasteiger partial charge in [-0.2, -0.15) is 0 Å². The largest absolute Gasteiger partial charge is 0.365 e. The summed E-state index contributed by atoms with van der Waals surface area (Å²) in [6, 6.07) is 8.92. The fourth-order valence-electron chi connectivity index (χ4n) is 3.73. The van der Waals surface area contributed by atoms with Crippen LogP contribution in [0.5, 0.6) is 0 Å². The summed E-state index contributed by atoms with van der Waals surface area (Å²) in [6.07, 6.45) is 6.22. The summed E-state index contributed by atoms with van der Waals surface area (Å²) < 4.78 is 17.3. The van der Waals surface area contributed by atoms with Crippen molar-refractivity contribution in [1.82, 2.24) is 28.9 Å². The smallest absolute Gasteiger partial charge is 0.326 e. The number of aromatic nitrogens is 6. The number of anilines is 1. The number of pyridine rings is 1. The average molecular weight is 429 g/mol.